The number of hydrogen-bond donors (Lipinski definition) is 0. The molecule has 0 unspecified atom stereocenters. The Bertz CT molecular complexity index is 2370. The van der Waals surface area contributed by atoms with Crippen molar-refractivity contribution < 1.29 is 0 Å². The maximum absolute atomic E-state index is 10.2. The molecular weight excluding hydrogens is 566 g/mol. The van der Waals surface area contributed by atoms with E-state index in [1.807, 2.05) is 62.4 Å². The molecule has 0 atom stereocenters. The zero-order valence-corrected chi connectivity index (χ0v) is 27.7. The van der Waals surface area contributed by atoms with Crippen LogP contribution in [0.25, 0.3) is 32.8 Å². The highest BCUT2D eigenvalue weighted by molar-refractivity contribution is 6.01. The van der Waals surface area contributed by atoms with Crippen molar-refractivity contribution in [3.63, 3.8) is 0 Å². The van der Waals surface area contributed by atoms with Gasteiger partial charge in [-0.2, -0.15) is 10.5 Å². The van der Waals surface area contributed by atoms with Gasteiger partial charge in [0, 0.05) is 32.9 Å². The number of nitrogens with zero attached hydrogens (tertiary/aromatic N) is 7. The smallest absolute Gasteiger partial charge is 0.161 e. The quantitative estimate of drug-likeness (QED) is 0.201. The van der Waals surface area contributed by atoms with Gasteiger partial charge in [-0.15, -0.1) is 0 Å². The number of pyridine rings is 2. The van der Waals surface area contributed by atoms with Crippen LogP contribution in [0.15, 0.2) is 48.5 Å². The Hall–Kier alpha value is -5.66. The lowest BCUT2D eigenvalue weighted by Crippen LogP contribution is -2.18. The number of aromatic nitrogens is 4. The second-order valence-corrected chi connectivity index (χ2v) is 12.4. The van der Waals surface area contributed by atoms with Crippen molar-refractivity contribution >= 4 is 50.2 Å². The third kappa shape index (κ3) is 3.69. The van der Waals surface area contributed by atoms with Crippen LogP contribution in [0.2, 0.25) is 0 Å². The Labute approximate surface area is 268 Å². The van der Waals surface area contributed by atoms with Gasteiger partial charge in [-0.25, -0.2) is 9.97 Å². The molecule has 3 aromatic carbocycles. The summed E-state index contributed by atoms with van der Waals surface area (Å²) in [5.41, 5.74) is 13.5. The van der Waals surface area contributed by atoms with Crippen molar-refractivity contribution in [1.82, 2.24) is 18.8 Å². The molecule has 226 valence electrons. The van der Waals surface area contributed by atoms with Gasteiger partial charge in [0.1, 0.15) is 23.4 Å². The van der Waals surface area contributed by atoms with Crippen LogP contribution in [-0.2, 0) is 0 Å². The molecule has 0 saturated heterocycles. The van der Waals surface area contributed by atoms with Gasteiger partial charge in [0.05, 0.1) is 28.2 Å². The molecule has 0 aliphatic carbocycles. The Balaban J connectivity index is 1.68. The summed E-state index contributed by atoms with van der Waals surface area (Å²) in [7, 11) is 0. The molecule has 0 saturated carbocycles. The van der Waals surface area contributed by atoms with Gasteiger partial charge >= 0.3 is 0 Å². The number of aryl methyl sites for hydroxylation is 4. The van der Waals surface area contributed by atoms with E-state index in [2.05, 4.69) is 74.3 Å². The molecule has 7 heteroatoms. The van der Waals surface area contributed by atoms with E-state index >= 15 is 0 Å². The van der Waals surface area contributed by atoms with Crippen molar-refractivity contribution in [3.8, 4) is 12.1 Å². The van der Waals surface area contributed by atoms with E-state index in [1.165, 1.54) is 16.7 Å². The number of hydrogen-bond acceptors (Lipinski definition) is 5. The predicted octanol–water partition coefficient (Wildman–Crippen LogP) is 9.28. The zero-order chi connectivity index (χ0) is 32.8. The Morgan fingerprint density at radius 1 is 0.500 bits per heavy atom. The van der Waals surface area contributed by atoms with E-state index in [9.17, 15) is 10.5 Å². The molecule has 0 aliphatic rings. The topological polar surface area (TPSA) is 85.4 Å². The van der Waals surface area contributed by atoms with E-state index in [0.29, 0.717) is 11.1 Å². The van der Waals surface area contributed by atoms with E-state index < -0.39 is 0 Å². The van der Waals surface area contributed by atoms with Gasteiger partial charge in [0.25, 0.3) is 0 Å². The maximum atomic E-state index is 10.2. The van der Waals surface area contributed by atoms with Gasteiger partial charge in [-0.1, -0.05) is 48.5 Å². The Morgan fingerprint density at radius 2 is 0.848 bits per heavy atom. The molecule has 7 aromatic rings. The molecular formula is C39H35N7. The number of anilines is 3. The van der Waals surface area contributed by atoms with Gasteiger partial charge in [-0.05, 0) is 90.1 Å². The molecule has 4 heterocycles. The fourth-order valence-electron chi connectivity index (χ4n) is 7.40. The van der Waals surface area contributed by atoms with E-state index in [1.54, 1.807) is 0 Å². The first-order chi connectivity index (χ1) is 22.0. The summed E-state index contributed by atoms with van der Waals surface area (Å²) in [5, 5.41) is 24.1. The summed E-state index contributed by atoms with van der Waals surface area (Å²) in [4.78, 5) is 13.0. The minimum absolute atomic E-state index is 0.645. The summed E-state index contributed by atoms with van der Waals surface area (Å²) in [6.07, 6.45) is 0. The van der Waals surface area contributed by atoms with Crippen molar-refractivity contribution in [2.24, 2.45) is 0 Å². The van der Waals surface area contributed by atoms with Crippen LogP contribution >= 0.6 is 0 Å². The minimum atomic E-state index is 0.645. The SMILES string of the molecule is Cc1c(C)c(C)c(N(c2nc3c4ccccc4c(C#N)c(C)n3c2C)c2nc3c4ccccc4c(C#N)c(C)n3c2C)c(C)c1C. The summed E-state index contributed by atoms with van der Waals surface area (Å²) in [6.45, 7) is 19.0. The zero-order valence-electron chi connectivity index (χ0n) is 27.7. The highest BCUT2D eigenvalue weighted by Gasteiger charge is 2.31. The van der Waals surface area contributed by atoms with Crippen LogP contribution in [-0.4, -0.2) is 18.8 Å². The molecule has 7 rings (SSSR count). The number of fused-ring (bicyclic) bond motifs is 6. The van der Waals surface area contributed by atoms with Crippen LogP contribution in [0.4, 0.5) is 17.3 Å². The molecule has 0 fully saturated rings. The third-order valence-corrected chi connectivity index (χ3v) is 10.3. The molecule has 0 aliphatic heterocycles. The predicted molar refractivity (Wildman–Crippen MR) is 186 cm³/mol. The summed E-state index contributed by atoms with van der Waals surface area (Å²) < 4.78 is 4.22. The average molecular weight is 602 g/mol. The van der Waals surface area contributed by atoms with Crippen LogP contribution in [0.5, 0.6) is 0 Å². The molecule has 7 nitrogen and oxygen atoms in total. The summed E-state index contributed by atoms with van der Waals surface area (Å²) >= 11 is 0. The van der Waals surface area contributed by atoms with E-state index in [4.69, 9.17) is 9.97 Å². The lowest BCUT2D eigenvalue weighted by Gasteiger charge is -2.29. The molecule has 0 amide bonds. The first-order valence-corrected chi connectivity index (χ1v) is 15.5. The molecule has 0 spiro atoms. The van der Waals surface area contributed by atoms with Crippen LogP contribution in [0.1, 0.15) is 61.7 Å². The number of imidazole rings is 2. The number of benzene rings is 3. The molecule has 4 aromatic heterocycles. The third-order valence-electron chi connectivity index (χ3n) is 10.3. The Kier molecular flexibility index (Phi) is 6.44. The van der Waals surface area contributed by atoms with Crippen LogP contribution in [0, 0.1) is 85.0 Å². The summed E-state index contributed by atoms with van der Waals surface area (Å²) in [6, 6.07) is 20.9. The minimum Gasteiger partial charge on any atom is -0.297 e. The van der Waals surface area contributed by atoms with Gasteiger partial charge in [0.15, 0.2) is 11.6 Å². The maximum Gasteiger partial charge on any atom is 0.161 e. The van der Waals surface area contributed by atoms with Gasteiger partial charge in [-0.3, -0.25) is 13.7 Å². The summed E-state index contributed by atoms with van der Waals surface area (Å²) in [5.74, 6) is 1.51. The highest BCUT2D eigenvalue weighted by Crippen LogP contribution is 2.45. The largest absolute Gasteiger partial charge is 0.297 e. The van der Waals surface area contributed by atoms with Crippen LogP contribution in [0.3, 0.4) is 0 Å². The number of nitriles is 2. The van der Waals surface area contributed by atoms with E-state index in [0.717, 1.165) is 84.1 Å². The molecule has 0 N–H and O–H groups in total. The van der Waals surface area contributed by atoms with Crippen molar-refractivity contribution in [1.29, 1.82) is 10.5 Å². The Morgan fingerprint density at radius 3 is 1.22 bits per heavy atom. The highest BCUT2D eigenvalue weighted by atomic mass is 15.3. The first-order valence-electron chi connectivity index (χ1n) is 15.5. The molecule has 0 bridgehead atoms. The average Bonchev–Trinajstić information content (AvgIpc) is 3.59. The van der Waals surface area contributed by atoms with Crippen molar-refractivity contribution in [2.75, 3.05) is 4.90 Å². The fraction of sp³-hybridized carbons (Fsp3) is 0.231. The first kappa shape index (κ1) is 29.1. The lowest BCUT2D eigenvalue weighted by molar-refractivity contribution is 1.02. The van der Waals surface area contributed by atoms with Crippen molar-refractivity contribution in [2.45, 2.75) is 62.3 Å². The normalized spacial score (nSPS) is 11.5. The van der Waals surface area contributed by atoms with E-state index in [-0.39, 0.29) is 0 Å². The fourth-order valence-corrected chi connectivity index (χ4v) is 7.40. The molecule has 0 radical (unpaired) electrons. The lowest BCUT2D eigenvalue weighted by atomic mass is 9.92. The monoisotopic (exact) mass is 601 g/mol. The van der Waals surface area contributed by atoms with Crippen molar-refractivity contribution in [3.05, 3.63) is 110 Å². The number of rotatable bonds is 3. The van der Waals surface area contributed by atoms with Gasteiger partial charge in [0.2, 0.25) is 0 Å². The molecule has 46 heavy (non-hydrogen) atoms. The second kappa shape index (κ2) is 10.2. The second-order valence-electron chi connectivity index (χ2n) is 12.4. The van der Waals surface area contributed by atoms with Crippen LogP contribution < -0.4 is 4.90 Å². The van der Waals surface area contributed by atoms with Gasteiger partial charge < -0.3 is 0 Å². The standard InChI is InChI=1S/C39H35N7/c1-20-21(2)23(4)35(24(5)22(20)3)46(36-27(8)44-25(6)33(18-40)29-14-10-12-16-31(29)38(44)42-36)37-28(9)45-26(7)34(19-41)30-15-11-13-17-32(30)39(45)43-37/h10-17H,1-9H3.